The Hall–Kier alpha value is -2.48. The van der Waals surface area contributed by atoms with Crippen molar-refractivity contribution < 1.29 is 19.4 Å². The van der Waals surface area contributed by atoms with Gasteiger partial charge in [-0.25, -0.2) is 4.79 Å². The molecule has 0 fully saturated rings. The molecule has 2 N–H and O–H groups in total. The fourth-order valence-corrected chi connectivity index (χ4v) is 1.40. The SMILES string of the molecule is C#CC(=O)NC(Cc1ccc(OC)cc1)C(=O)O. The number of terminal acetylenes is 1. The zero-order chi connectivity index (χ0) is 13.5. The third-order valence-corrected chi connectivity index (χ3v) is 2.33. The van der Waals surface area contributed by atoms with Crippen LogP contribution in [0.15, 0.2) is 24.3 Å². The van der Waals surface area contributed by atoms with Crippen molar-refractivity contribution in [3.63, 3.8) is 0 Å². The predicted molar refractivity (Wildman–Crippen MR) is 65.1 cm³/mol. The lowest BCUT2D eigenvalue weighted by Crippen LogP contribution is -2.41. The Morgan fingerprint density at radius 1 is 1.44 bits per heavy atom. The van der Waals surface area contributed by atoms with Gasteiger partial charge in [0.05, 0.1) is 7.11 Å². The maximum atomic E-state index is 11.0. The maximum absolute atomic E-state index is 11.0. The van der Waals surface area contributed by atoms with Crippen molar-refractivity contribution in [3.05, 3.63) is 29.8 Å². The van der Waals surface area contributed by atoms with Gasteiger partial charge < -0.3 is 15.2 Å². The first kappa shape index (κ1) is 13.6. The number of nitrogens with one attached hydrogen (secondary N) is 1. The summed E-state index contributed by atoms with van der Waals surface area (Å²) < 4.78 is 4.99. The molecule has 0 saturated carbocycles. The van der Waals surface area contributed by atoms with Crippen molar-refractivity contribution in [2.75, 3.05) is 7.11 Å². The highest BCUT2D eigenvalue weighted by Gasteiger charge is 2.19. The summed E-state index contributed by atoms with van der Waals surface area (Å²) in [5, 5.41) is 11.2. The largest absolute Gasteiger partial charge is 0.497 e. The van der Waals surface area contributed by atoms with Crippen LogP contribution in [0.5, 0.6) is 5.75 Å². The topological polar surface area (TPSA) is 75.6 Å². The monoisotopic (exact) mass is 247 g/mol. The molecule has 0 aliphatic rings. The maximum Gasteiger partial charge on any atom is 0.326 e. The van der Waals surface area contributed by atoms with Crippen LogP contribution in [0.4, 0.5) is 0 Å². The van der Waals surface area contributed by atoms with Crippen molar-refractivity contribution in [1.29, 1.82) is 0 Å². The zero-order valence-electron chi connectivity index (χ0n) is 9.84. The predicted octanol–water partition coefficient (Wildman–Crippen LogP) is 0.440. The van der Waals surface area contributed by atoms with E-state index in [9.17, 15) is 9.59 Å². The second kappa shape index (κ2) is 6.30. The Balaban J connectivity index is 2.74. The van der Waals surface area contributed by atoms with Gasteiger partial charge in [0, 0.05) is 6.42 Å². The summed E-state index contributed by atoms with van der Waals surface area (Å²) in [4.78, 5) is 22.0. The van der Waals surface area contributed by atoms with Gasteiger partial charge in [0.2, 0.25) is 0 Å². The van der Waals surface area contributed by atoms with Crippen LogP contribution in [-0.2, 0) is 16.0 Å². The molecule has 0 aliphatic heterocycles. The summed E-state index contributed by atoms with van der Waals surface area (Å²) in [6.07, 6.45) is 5.04. The molecule has 1 aromatic rings. The van der Waals surface area contributed by atoms with Gasteiger partial charge in [-0.2, -0.15) is 0 Å². The number of ether oxygens (including phenoxy) is 1. The van der Waals surface area contributed by atoms with Crippen LogP contribution in [0.2, 0.25) is 0 Å². The lowest BCUT2D eigenvalue weighted by molar-refractivity contribution is -0.141. The number of carbonyl (C=O) groups excluding carboxylic acids is 1. The second-order valence-electron chi connectivity index (χ2n) is 3.56. The second-order valence-corrected chi connectivity index (χ2v) is 3.56. The number of methoxy groups -OCH3 is 1. The zero-order valence-corrected chi connectivity index (χ0v) is 9.84. The van der Waals surface area contributed by atoms with Crippen LogP contribution >= 0.6 is 0 Å². The van der Waals surface area contributed by atoms with Crippen LogP contribution in [0, 0.1) is 12.3 Å². The molecule has 0 aromatic heterocycles. The van der Waals surface area contributed by atoms with E-state index in [1.54, 1.807) is 31.4 Å². The van der Waals surface area contributed by atoms with Crippen molar-refractivity contribution in [1.82, 2.24) is 5.32 Å². The summed E-state index contributed by atoms with van der Waals surface area (Å²) >= 11 is 0. The molecule has 94 valence electrons. The van der Waals surface area contributed by atoms with E-state index < -0.39 is 17.9 Å². The van der Waals surface area contributed by atoms with E-state index in [0.717, 1.165) is 5.56 Å². The summed E-state index contributed by atoms with van der Waals surface area (Å²) in [5.41, 5.74) is 0.764. The molecule has 5 heteroatoms. The van der Waals surface area contributed by atoms with Gasteiger partial charge in [-0.05, 0) is 23.6 Å². The van der Waals surface area contributed by atoms with Crippen molar-refractivity contribution in [3.8, 4) is 18.1 Å². The normalized spacial score (nSPS) is 11.1. The lowest BCUT2D eigenvalue weighted by Gasteiger charge is -2.12. The standard InChI is InChI=1S/C13H13NO4/c1-3-12(15)14-11(13(16)17)8-9-4-6-10(18-2)7-5-9/h1,4-7,11H,8H2,2H3,(H,14,15)(H,16,17). The van der Waals surface area contributed by atoms with E-state index in [2.05, 4.69) is 5.32 Å². The Morgan fingerprint density at radius 3 is 2.50 bits per heavy atom. The molecule has 1 rings (SSSR count). The van der Waals surface area contributed by atoms with Gasteiger partial charge in [0.15, 0.2) is 0 Å². The average Bonchev–Trinajstić information content (AvgIpc) is 2.38. The molecule has 18 heavy (non-hydrogen) atoms. The average molecular weight is 247 g/mol. The fraction of sp³-hybridized carbons (Fsp3) is 0.231. The van der Waals surface area contributed by atoms with Gasteiger partial charge in [0.25, 0.3) is 5.91 Å². The Kier molecular flexibility index (Phi) is 4.76. The van der Waals surface area contributed by atoms with Gasteiger partial charge in [-0.1, -0.05) is 12.1 Å². The summed E-state index contributed by atoms with van der Waals surface area (Å²) in [6.45, 7) is 0. The third-order valence-electron chi connectivity index (χ3n) is 2.33. The van der Waals surface area contributed by atoms with Gasteiger partial charge in [0.1, 0.15) is 11.8 Å². The van der Waals surface area contributed by atoms with Crippen LogP contribution in [0.3, 0.4) is 0 Å². The molecule has 5 nitrogen and oxygen atoms in total. The van der Waals surface area contributed by atoms with E-state index in [4.69, 9.17) is 16.3 Å². The van der Waals surface area contributed by atoms with E-state index in [1.807, 2.05) is 5.92 Å². The first-order valence-corrected chi connectivity index (χ1v) is 5.19. The Morgan fingerprint density at radius 2 is 2.06 bits per heavy atom. The first-order valence-electron chi connectivity index (χ1n) is 5.19. The van der Waals surface area contributed by atoms with Crippen molar-refractivity contribution in [2.24, 2.45) is 0 Å². The third kappa shape index (κ3) is 3.83. The quantitative estimate of drug-likeness (QED) is 0.740. The van der Waals surface area contributed by atoms with E-state index >= 15 is 0 Å². The van der Waals surface area contributed by atoms with Gasteiger partial charge in [-0.3, -0.25) is 4.79 Å². The lowest BCUT2D eigenvalue weighted by atomic mass is 10.1. The number of benzene rings is 1. The number of carboxylic acid groups (broad SMARTS) is 1. The number of amides is 1. The number of carboxylic acids is 1. The van der Waals surface area contributed by atoms with Gasteiger partial charge >= 0.3 is 5.97 Å². The van der Waals surface area contributed by atoms with Crippen LogP contribution in [0.1, 0.15) is 5.56 Å². The fourth-order valence-electron chi connectivity index (χ4n) is 1.40. The highest BCUT2D eigenvalue weighted by molar-refractivity contribution is 5.95. The van der Waals surface area contributed by atoms with Crippen molar-refractivity contribution >= 4 is 11.9 Å². The highest BCUT2D eigenvalue weighted by atomic mass is 16.5. The van der Waals surface area contributed by atoms with E-state index in [0.29, 0.717) is 5.75 Å². The molecule has 1 unspecified atom stereocenters. The summed E-state index contributed by atoms with van der Waals surface area (Å²) in [5.74, 6) is 0.630. The minimum atomic E-state index is -1.13. The molecular weight excluding hydrogens is 234 g/mol. The number of rotatable bonds is 5. The first-order chi connectivity index (χ1) is 8.56. The molecular formula is C13H13NO4. The number of hydrogen-bond donors (Lipinski definition) is 2. The smallest absolute Gasteiger partial charge is 0.326 e. The molecule has 1 atom stereocenters. The minimum Gasteiger partial charge on any atom is -0.497 e. The van der Waals surface area contributed by atoms with E-state index in [1.165, 1.54) is 0 Å². The van der Waals surface area contributed by atoms with Crippen LogP contribution < -0.4 is 10.1 Å². The number of hydrogen-bond acceptors (Lipinski definition) is 3. The summed E-state index contributed by atoms with van der Waals surface area (Å²) in [7, 11) is 1.54. The molecule has 0 aliphatic carbocycles. The number of aliphatic carboxylic acids is 1. The van der Waals surface area contributed by atoms with E-state index in [-0.39, 0.29) is 6.42 Å². The summed E-state index contributed by atoms with van der Waals surface area (Å²) in [6, 6.07) is 5.86. The Bertz CT molecular complexity index is 473. The molecule has 1 amide bonds. The molecule has 0 saturated heterocycles. The molecule has 0 heterocycles. The van der Waals surface area contributed by atoms with Crippen molar-refractivity contribution in [2.45, 2.75) is 12.5 Å². The minimum absolute atomic E-state index is 0.159. The Labute approximate surface area is 105 Å². The highest BCUT2D eigenvalue weighted by Crippen LogP contribution is 2.12. The van der Waals surface area contributed by atoms with Crippen LogP contribution in [0.25, 0.3) is 0 Å². The molecule has 1 aromatic carbocycles. The van der Waals surface area contributed by atoms with Crippen LogP contribution in [-0.4, -0.2) is 30.1 Å². The molecule has 0 radical (unpaired) electrons. The number of carbonyl (C=O) groups is 2. The molecule has 0 spiro atoms. The van der Waals surface area contributed by atoms with Gasteiger partial charge in [-0.15, -0.1) is 6.42 Å². The molecule has 0 bridgehead atoms.